The van der Waals surface area contributed by atoms with Gasteiger partial charge in [0.25, 0.3) is 0 Å². The first-order valence-electron chi connectivity index (χ1n) is 10.3. The molecule has 0 saturated heterocycles. The van der Waals surface area contributed by atoms with Crippen LogP contribution in [0.15, 0.2) is 53.9 Å². The summed E-state index contributed by atoms with van der Waals surface area (Å²) in [5.41, 5.74) is 1.39. The van der Waals surface area contributed by atoms with Gasteiger partial charge in [-0.05, 0) is 53.5 Å². The molecule has 5 nitrogen and oxygen atoms in total. The summed E-state index contributed by atoms with van der Waals surface area (Å²) in [5, 5.41) is 0. The van der Waals surface area contributed by atoms with Crippen molar-refractivity contribution in [2.75, 3.05) is 20.0 Å². The Kier molecular flexibility index (Phi) is 9.52. The second-order valence-electron chi connectivity index (χ2n) is 8.38. The van der Waals surface area contributed by atoms with E-state index >= 15 is 0 Å². The molecule has 0 aliphatic rings. The normalized spacial score (nSPS) is 12.5. The fraction of sp³-hybridized carbons (Fsp3) is 0.435. The van der Waals surface area contributed by atoms with E-state index in [0.29, 0.717) is 41.4 Å². The molecule has 0 spiro atoms. The van der Waals surface area contributed by atoms with Gasteiger partial charge < -0.3 is 14.3 Å². The number of hydrogen-bond donors (Lipinski definition) is 0. The van der Waals surface area contributed by atoms with E-state index in [9.17, 15) is 4.39 Å². The highest BCUT2D eigenvalue weighted by molar-refractivity contribution is 9.10. The monoisotopic (exact) mass is 510 g/mol. The van der Waals surface area contributed by atoms with Gasteiger partial charge in [0.05, 0.1) is 30.2 Å². The van der Waals surface area contributed by atoms with E-state index < -0.39 is 8.07 Å². The Balaban J connectivity index is 2.32. The zero-order chi connectivity index (χ0) is 23.0. The molecule has 1 heterocycles. The van der Waals surface area contributed by atoms with Crippen LogP contribution in [0.25, 0.3) is 11.3 Å². The fourth-order valence-corrected chi connectivity index (χ4v) is 4.22. The number of ether oxygens (including phenoxy) is 2. The highest BCUT2D eigenvalue weighted by Crippen LogP contribution is 2.32. The van der Waals surface area contributed by atoms with Gasteiger partial charge in [-0.25, -0.2) is 9.37 Å². The maximum absolute atomic E-state index is 13.6. The molecule has 0 radical (unpaired) electrons. The summed E-state index contributed by atoms with van der Waals surface area (Å²) in [6.07, 6.45) is 4.15. The molecule has 0 saturated carbocycles. The molecular formula is C23H32BrFN2O3Si. The van der Waals surface area contributed by atoms with E-state index in [1.807, 2.05) is 6.92 Å². The summed E-state index contributed by atoms with van der Waals surface area (Å²) in [6.45, 7) is 18.0. The van der Waals surface area contributed by atoms with Crippen LogP contribution < -0.4 is 4.84 Å². The largest absolute Gasteiger partial charge is 0.498 e. The predicted molar refractivity (Wildman–Crippen MR) is 129 cm³/mol. The average Bonchev–Trinajstić information content (AvgIpc) is 3.08. The van der Waals surface area contributed by atoms with Gasteiger partial charge in [0, 0.05) is 24.7 Å². The Morgan fingerprint density at radius 1 is 1.35 bits per heavy atom. The first-order chi connectivity index (χ1) is 14.7. The van der Waals surface area contributed by atoms with Crippen molar-refractivity contribution in [2.24, 2.45) is 0 Å². The molecule has 0 fully saturated rings. The number of allylic oxidation sites excluding steroid dienone is 2. The third kappa shape index (κ3) is 7.62. The molecule has 1 aromatic heterocycles. The fourth-order valence-electron chi connectivity index (χ4n) is 2.91. The minimum absolute atomic E-state index is 0.0970. The van der Waals surface area contributed by atoms with Crippen LogP contribution in [0, 0.1) is 5.82 Å². The quantitative estimate of drug-likeness (QED) is 0.103. The molecule has 1 atom stereocenters. The van der Waals surface area contributed by atoms with Crippen LogP contribution in [-0.4, -0.2) is 37.8 Å². The van der Waals surface area contributed by atoms with Crippen molar-refractivity contribution in [2.45, 2.75) is 44.9 Å². The topological polar surface area (TPSA) is 45.5 Å². The van der Waals surface area contributed by atoms with Gasteiger partial charge in [-0.1, -0.05) is 32.3 Å². The molecule has 0 amide bonds. The Hall–Kier alpha value is -1.90. The van der Waals surface area contributed by atoms with Crippen LogP contribution in [0.1, 0.15) is 25.1 Å². The van der Waals surface area contributed by atoms with Gasteiger partial charge in [0.1, 0.15) is 5.82 Å². The number of hydrogen-bond acceptors (Lipinski definition) is 4. The van der Waals surface area contributed by atoms with E-state index in [4.69, 9.17) is 19.3 Å². The van der Waals surface area contributed by atoms with Gasteiger partial charge in [-0.15, -0.1) is 6.58 Å². The lowest BCUT2D eigenvalue weighted by Crippen LogP contribution is -2.24. The molecular weight excluding hydrogens is 479 g/mol. The van der Waals surface area contributed by atoms with Crippen LogP contribution in [0.2, 0.25) is 25.7 Å². The number of nitrogens with zero attached hydrogens (tertiary/aromatic N) is 2. The maximum atomic E-state index is 13.6. The van der Waals surface area contributed by atoms with Crippen LogP contribution in [0.5, 0.6) is 0 Å². The van der Waals surface area contributed by atoms with Crippen LogP contribution in [0.3, 0.4) is 0 Å². The summed E-state index contributed by atoms with van der Waals surface area (Å²) in [7, 11) is -1.18. The highest BCUT2D eigenvalue weighted by Gasteiger charge is 2.24. The van der Waals surface area contributed by atoms with Crippen molar-refractivity contribution in [3.63, 3.8) is 0 Å². The summed E-state index contributed by atoms with van der Waals surface area (Å²) >= 11 is 3.42. The van der Waals surface area contributed by atoms with Gasteiger partial charge in [0.2, 0.25) is 6.79 Å². The Bertz CT molecular complexity index is 895. The molecule has 0 bridgehead atoms. The van der Waals surface area contributed by atoms with Gasteiger partial charge >= 0.3 is 0 Å². The average molecular weight is 512 g/mol. The standard InChI is InChI=1S/C23H32BrFN2O3Si/c1-7-9-19(17(3)29-8-2)23-26-22(20-11-10-18(25)14-21(20)24)15-27(23)30-16-28-12-13-31(4,5)6/h7,10-11,14-15,19H,1,3,8-9,12-13,16H2,2,4-6H3. The summed E-state index contributed by atoms with van der Waals surface area (Å²) in [6, 6.07) is 5.55. The predicted octanol–water partition coefficient (Wildman–Crippen LogP) is 6.40. The van der Waals surface area contributed by atoms with Crippen molar-refractivity contribution in [1.29, 1.82) is 0 Å². The molecule has 0 aliphatic heterocycles. The number of rotatable bonds is 13. The zero-order valence-electron chi connectivity index (χ0n) is 18.8. The van der Waals surface area contributed by atoms with Gasteiger partial charge in [-0.3, -0.25) is 0 Å². The van der Waals surface area contributed by atoms with E-state index in [1.54, 1.807) is 23.1 Å². The Morgan fingerprint density at radius 2 is 2.10 bits per heavy atom. The zero-order valence-corrected chi connectivity index (χ0v) is 21.4. The molecule has 1 aromatic carbocycles. The molecule has 1 unspecified atom stereocenters. The van der Waals surface area contributed by atoms with Crippen LogP contribution in [0.4, 0.5) is 4.39 Å². The molecule has 2 rings (SSSR count). The number of halogens is 2. The van der Waals surface area contributed by atoms with Crippen molar-refractivity contribution in [3.8, 4) is 11.3 Å². The first-order valence-corrected chi connectivity index (χ1v) is 14.8. The molecule has 31 heavy (non-hydrogen) atoms. The molecule has 0 aliphatic carbocycles. The van der Waals surface area contributed by atoms with E-state index in [2.05, 4.69) is 48.7 Å². The smallest absolute Gasteiger partial charge is 0.214 e. The third-order valence-electron chi connectivity index (χ3n) is 4.61. The Morgan fingerprint density at radius 3 is 2.71 bits per heavy atom. The number of imidazole rings is 1. The summed E-state index contributed by atoms with van der Waals surface area (Å²) in [5.74, 6) is 0.643. The lowest BCUT2D eigenvalue weighted by atomic mass is 10.0. The number of benzene rings is 1. The van der Waals surface area contributed by atoms with Crippen molar-refractivity contribution >= 4 is 24.0 Å². The van der Waals surface area contributed by atoms with Gasteiger partial charge in [0.15, 0.2) is 5.82 Å². The molecule has 170 valence electrons. The Labute approximate surface area is 194 Å². The second-order valence-corrected chi connectivity index (χ2v) is 14.9. The van der Waals surface area contributed by atoms with E-state index in [-0.39, 0.29) is 18.5 Å². The highest BCUT2D eigenvalue weighted by atomic mass is 79.9. The van der Waals surface area contributed by atoms with E-state index in [1.165, 1.54) is 12.1 Å². The SMILES string of the molecule is C=CCC(C(=C)OCC)c1nc(-c2ccc(F)cc2Br)cn1OCOCC[Si](C)(C)C. The maximum Gasteiger partial charge on any atom is 0.214 e. The minimum atomic E-state index is -1.18. The van der Waals surface area contributed by atoms with Crippen molar-refractivity contribution in [3.05, 3.63) is 65.5 Å². The summed E-state index contributed by atoms with van der Waals surface area (Å²) in [4.78, 5) is 10.7. The first kappa shape index (κ1) is 25.4. The molecule has 2 aromatic rings. The van der Waals surface area contributed by atoms with Crippen LogP contribution in [-0.2, 0) is 9.47 Å². The number of aromatic nitrogens is 2. The second kappa shape index (κ2) is 11.6. The lowest BCUT2D eigenvalue weighted by Gasteiger charge is -2.19. The van der Waals surface area contributed by atoms with Gasteiger partial charge in [-0.2, -0.15) is 4.73 Å². The summed E-state index contributed by atoms with van der Waals surface area (Å²) < 4.78 is 27.1. The molecule has 8 heteroatoms. The molecule has 0 N–H and O–H groups in total. The van der Waals surface area contributed by atoms with E-state index in [0.717, 1.165) is 11.6 Å². The van der Waals surface area contributed by atoms with Crippen LogP contribution >= 0.6 is 15.9 Å². The van der Waals surface area contributed by atoms with Crippen molar-refractivity contribution in [1.82, 2.24) is 9.71 Å². The van der Waals surface area contributed by atoms with Crippen molar-refractivity contribution < 1.29 is 18.7 Å². The third-order valence-corrected chi connectivity index (χ3v) is 6.97. The lowest BCUT2D eigenvalue weighted by molar-refractivity contribution is -0.0592. The minimum Gasteiger partial charge on any atom is -0.498 e.